The molecular weight excluding hydrogens is 267 g/mol. The summed E-state index contributed by atoms with van der Waals surface area (Å²) in [5.41, 5.74) is 6.91. The quantitative estimate of drug-likeness (QED) is 0.870. The van der Waals surface area contributed by atoms with Crippen molar-refractivity contribution in [2.75, 3.05) is 40.3 Å². The SMILES string of the molecule is CN(C)CC1CCN(CCC(N)c2ccc(F)cn2)CC1. The minimum Gasteiger partial charge on any atom is -0.323 e. The zero-order valence-electron chi connectivity index (χ0n) is 13.1. The third kappa shape index (κ3) is 5.34. The lowest BCUT2D eigenvalue weighted by atomic mass is 9.96. The molecule has 21 heavy (non-hydrogen) atoms. The van der Waals surface area contributed by atoms with Gasteiger partial charge in [0.2, 0.25) is 0 Å². The molecule has 118 valence electrons. The van der Waals surface area contributed by atoms with Crippen LogP contribution in [0.3, 0.4) is 0 Å². The van der Waals surface area contributed by atoms with Crippen LogP contribution < -0.4 is 5.73 Å². The van der Waals surface area contributed by atoms with Crippen molar-refractivity contribution in [2.45, 2.75) is 25.3 Å². The number of rotatable bonds is 6. The molecule has 1 atom stereocenters. The van der Waals surface area contributed by atoms with E-state index in [0.717, 1.165) is 37.7 Å². The minimum absolute atomic E-state index is 0.106. The van der Waals surface area contributed by atoms with Gasteiger partial charge in [0, 0.05) is 12.6 Å². The van der Waals surface area contributed by atoms with Gasteiger partial charge in [0.05, 0.1) is 11.9 Å². The number of pyridine rings is 1. The Kier molecular flexibility index (Phi) is 6.08. The summed E-state index contributed by atoms with van der Waals surface area (Å²) in [6.07, 6.45) is 4.64. The van der Waals surface area contributed by atoms with Crippen molar-refractivity contribution in [3.8, 4) is 0 Å². The van der Waals surface area contributed by atoms with Gasteiger partial charge in [-0.25, -0.2) is 4.39 Å². The zero-order valence-corrected chi connectivity index (χ0v) is 13.1. The van der Waals surface area contributed by atoms with Crippen molar-refractivity contribution in [3.05, 3.63) is 29.8 Å². The van der Waals surface area contributed by atoms with Crippen LogP contribution in [-0.2, 0) is 0 Å². The van der Waals surface area contributed by atoms with Crippen LogP contribution in [0.25, 0.3) is 0 Å². The van der Waals surface area contributed by atoms with E-state index < -0.39 is 0 Å². The highest BCUT2D eigenvalue weighted by atomic mass is 19.1. The fourth-order valence-electron chi connectivity index (χ4n) is 2.99. The molecule has 0 saturated carbocycles. The molecule has 1 saturated heterocycles. The second kappa shape index (κ2) is 7.82. The summed E-state index contributed by atoms with van der Waals surface area (Å²) in [5.74, 6) is 0.512. The molecule has 1 aromatic rings. The van der Waals surface area contributed by atoms with E-state index in [-0.39, 0.29) is 11.9 Å². The third-order valence-electron chi connectivity index (χ3n) is 4.22. The molecule has 0 spiro atoms. The van der Waals surface area contributed by atoms with Crippen LogP contribution in [0.2, 0.25) is 0 Å². The molecule has 4 nitrogen and oxygen atoms in total. The Bertz CT molecular complexity index is 413. The second-order valence-corrected chi connectivity index (χ2v) is 6.34. The van der Waals surface area contributed by atoms with E-state index in [1.54, 1.807) is 6.07 Å². The van der Waals surface area contributed by atoms with Crippen molar-refractivity contribution in [2.24, 2.45) is 11.7 Å². The molecule has 5 heteroatoms. The Morgan fingerprint density at radius 3 is 2.67 bits per heavy atom. The standard InChI is InChI=1S/C16H27FN4/c1-20(2)12-13-5-8-21(9-6-13)10-7-15(18)16-4-3-14(17)11-19-16/h3-4,11,13,15H,5-10,12,18H2,1-2H3. The fraction of sp³-hybridized carbons (Fsp3) is 0.688. The Labute approximate surface area is 127 Å². The molecule has 0 amide bonds. The lowest BCUT2D eigenvalue weighted by Crippen LogP contribution is -2.38. The number of piperidine rings is 1. The van der Waals surface area contributed by atoms with Crippen LogP contribution in [0.15, 0.2) is 18.3 Å². The Hall–Kier alpha value is -1.04. The molecule has 2 N–H and O–H groups in total. The Morgan fingerprint density at radius 2 is 2.10 bits per heavy atom. The van der Waals surface area contributed by atoms with E-state index in [2.05, 4.69) is 28.9 Å². The molecule has 1 aromatic heterocycles. The van der Waals surface area contributed by atoms with Crippen molar-refractivity contribution >= 4 is 0 Å². The largest absolute Gasteiger partial charge is 0.323 e. The van der Waals surface area contributed by atoms with Gasteiger partial charge in [-0.3, -0.25) is 4.98 Å². The molecular formula is C16H27FN4. The van der Waals surface area contributed by atoms with Crippen molar-refractivity contribution < 1.29 is 4.39 Å². The maximum atomic E-state index is 12.8. The molecule has 0 aromatic carbocycles. The number of nitrogens with two attached hydrogens (primary N) is 1. The molecule has 2 rings (SSSR count). The number of likely N-dealkylation sites (tertiary alicyclic amines) is 1. The van der Waals surface area contributed by atoms with Crippen LogP contribution in [0, 0.1) is 11.7 Å². The third-order valence-corrected chi connectivity index (χ3v) is 4.22. The van der Waals surface area contributed by atoms with Gasteiger partial charge in [-0.05, 0) is 71.0 Å². The van der Waals surface area contributed by atoms with E-state index >= 15 is 0 Å². The molecule has 0 aliphatic carbocycles. The normalized spacial score (nSPS) is 19.1. The summed E-state index contributed by atoms with van der Waals surface area (Å²) in [7, 11) is 4.28. The smallest absolute Gasteiger partial charge is 0.141 e. The van der Waals surface area contributed by atoms with Gasteiger partial charge in [0.15, 0.2) is 0 Å². The lowest BCUT2D eigenvalue weighted by Gasteiger charge is -2.33. The van der Waals surface area contributed by atoms with Crippen LogP contribution in [-0.4, -0.2) is 55.1 Å². The van der Waals surface area contributed by atoms with Gasteiger partial charge in [0.25, 0.3) is 0 Å². The highest BCUT2D eigenvalue weighted by Crippen LogP contribution is 2.19. The first-order valence-corrected chi connectivity index (χ1v) is 7.78. The summed E-state index contributed by atoms with van der Waals surface area (Å²) in [6.45, 7) is 4.49. The maximum Gasteiger partial charge on any atom is 0.141 e. The van der Waals surface area contributed by atoms with Gasteiger partial charge in [-0.1, -0.05) is 0 Å². The van der Waals surface area contributed by atoms with Crippen molar-refractivity contribution in [1.29, 1.82) is 0 Å². The monoisotopic (exact) mass is 294 g/mol. The zero-order chi connectivity index (χ0) is 15.2. The van der Waals surface area contributed by atoms with E-state index in [0.29, 0.717) is 0 Å². The number of hydrogen-bond acceptors (Lipinski definition) is 4. The van der Waals surface area contributed by atoms with Crippen LogP contribution in [0.4, 0.5) is 4.39 Å². The first kappa shape index (κ1) is 16.3. The van der Waals surface area contributed by atoms with Gasteiger partial charge in [-0.15, -0.1) is 0 Å². The van der Waals surface area contributed by atoms with E-state index in [1.165, 1.54) is 31.6 Å². The summed E-state index contributed by atoms with van der Waals surface area (Å²) in [5, 5.41) is 0. The average Bonchev–Trinajstić information content (AvgIpc) is 2.46. The second-order valence-electron chi connectivity index (χ2n) is 6.34. The van der Waals surface area contributed by atoms with Crippen LogP contribution in [0.5, 0.6) is 0 Å². The van der Waals surface area contributed by atoms with E-state index in [4.69, 9.17) is 5.73 Å². The molecule has 1 fully saturated rings. The number of hydrogen-bond donors (Lipinski definition) is 1. The molecule has 1 aliphatic rings. The highest BCUT2D eigenvalue weighted by molar-refractivity contribution is 5.09. The van der Waals surface area contributed by atoms with Crippen LogP contribution in [0.1, 0.15) is 31.0 Å². The molecule has 0 bridgehead atoms. The van der Waals surface area contributed by atoms with Gasteiger partial charge >= 0.3 is 0 Å². The molecule has 1 unspecified atom stereocenters. The maximum absolute atomic E-state index is 12.8. The number of aromatic nitrogens is 1. The number of nitrogens with zero attached hydrogens (tertiary/aromatic N) is 3. The summed E-state index contributed by atoms with van der Waals surface area (Å²) in [4.78, 5) is 8.82. The van der Waals surface area contributed by atoms with Crippen molar-refractivity contribution in [3.63, 3.8) is 0 Å². The van der Waals surface area contributed by atoms with E-state index in [1.807, 2.05) is 0 Å². The summed E-state index contributed by atoms with van der Waals surface area (Å²) < 4.78 is 12.8. The summed E-state index contributed by atoms with van der Waals surface area (Å²) >= 11 is 0. The highest BCUT2D eigenvalue weighted by Gasteiger charge is 2.20. The van der Waals surface area contributed by atoms with Crippen LogP contribution >= 0.6 is 0 Å². The molecule has 1 aliphatic heterocycles. The topological polar surface area (TPSA) is 45.4 Å². The first-order chi connectivity index (χ1) is 10.0. The van der Waals surface area contributed by atoms with Gasteiger partial charge in [0.1, 0.15) is 5.82 Å². The predicted molar refractivity (Wildman–Crippen MR) is 83.5 cm³/mol. The van der Waals surface area contributed by atoms with Gasteiger partial charge < -0.3 is 15.5 Å². The molecule has 0 radical (unpaired) electrons. The summed E-state index contributed by atoms with van der Waals surface area (Å²) in [6, 6.07) is 3.00. The number of halogens is 1. The average molecular weight is 294 g/mol. The van der Waals surface area contributed by atoms with E-state index in [9.17, 15) is 4.39 Å². The molecule has 2 heterocycles. The Balaban J connectivity index is 1.70. The Morgan fingerprint density at radius 1 is 1.38 bits per heavy atom. The van der Waals surface area contributed by atoms with Crippen molar-refractivity contribution in [1.82, 2.24) is 14.8 Å². The predicted octanol–water partition coefficient (Wildman–Crippen LogP) is 1.88. The fourth-order valence-corrected chi connectivity index (χ4v) is 2.99. The first-order valence-electron chi connectivity index (χ1n) is 7.78. The van der Waals surface area contributed by atoms with Gasteiger partial charge in [-0.2, -0.15) is 0 Å². The lowest BCUT2D eigenvalue weighted by molar-refractivity contribution is 0.159. The minimum atomic E-state index is -0.311.